The predicted molar refractivity (Wildman–Crippen MR) is 103 cm³/mol. The van der Waals surface area contributed by atoms with E-state index in [9.17, 15) is 9.18 Å². The van der Waals surface area contributed by atoms with E-state index in [4.69, 9.17) is 0 Å². The van der Waals surface area contributed by atoms with E-state index in [0.717, 1.165) is 19.4 Å². The van der Waals surface area contributed by atoms with Crippen LogP contribution in [0.3, 0.4) is 0 Å². The van der Waals surface area contributed by atoms with Crippen LogP contribution in [0.15, 0.2) is 58.0 Å². The number of carbonyl (C=O) groups is 1. The molecule has 1 aliphatic rings. The van der Waals surface area contributed by atoms with Crippen LogP contribution in [0.5, 0.6) is 0 Å². The minimum absolute atomic E-state index is 0.0834. The number of thioether (sulfide) groups is 1. The van der Waals surface area contributed by atoms with Crippen LogP contribution in [0.4, 0.5) is 4.39 Å². The van der Waals surface area contributed by atoms with Crippen molar-refractivity contribution in [2.75, 3.05) is 0 Å². The van der Waals surface area contributed by atoms with Crippen LogP contribution in [-0.4, -0.2) is 25.5 Å². The summed E-state index contributed by atoms with van der Waals surface area (Å²) in [4.78, 5) is 16.8. The third-order valence-electron chi connectivity index (χ3n) is 4.02. The number of benzene rings is 2. The summed E-state index contributed by atoms with van der Waals surface area (Å²) in [5.74, 6) is -0.309. The molecule has 2 aromatic rings. The Balaban J connectivity index is 1.75. The minimum atomic E-state index is -0.637. The van der Waals surface area contributed by atoms with Gasteiger partial charge in [-0.15, -0.1) is 0 Å². The maximum atomic E-state index is 13.1. The van der Waals surface area contributed by atoms with Crippen LogP contribution in [0, 0.1) is 5.82 Å². The van der Waals surface area contributed by atoms with Gasteiger partial charge in [-0.2, -0.15) is 0 Å². The van der Waals surface area contributed by atoms with Crippen molar-refractivity contribution < 1.29 is 9.18 Å². The van der Waals surface area contributed by atoms with Crippen molar-refractivity contribution in [3.8, 4) is 0 Å². The number of nitrogens with zero attached hydrogens (tertiary/aromatic N) is 1. The van der Waals surface area contributed by atoms with Gasteiger partial charge in [0.25, 0.3) is 0 Å². The standard InChI is InChI=1S/C18H16AsBrFNOS/c1-11(12-3-9-15(21)10-4-12)19-17-22-16(23)18(2,24-17)13-5-7-14(20)8-6-13/h3-11,19H,1-2H3/t11-,18?/m0/s1. The van der Waals surface area contributed by atoms with E-state index in [1.54, 1.807) is 11.8 Å². The monoisotopic (exact) mass is 467 g/mol. The molecular formula is C18H16AsBrFNOS. The third-order valence-corrected chi connectivity index (χ3v) is 9.26. The predicted octanol–water partition coefficient (Wildman–Crippen LogP) is 4.63. The van der Waals surface area contributed by atoms with Crippen LogP contribution in [0.1, 0.15) is 29.7 Å². The summed E-state index contributed by atoms with van der Waals surface area (Å²) in [6.07, 6.45) is 0. The van der Waals surface area contributed by atoms with Crippen molar-refractivity contribution in [1.29, 1.82) is 0 Å². The summed E-state index contributed by atoms with van der Waals surface area (Å²) in [5, 5.41) is 0. The summed E-state index contributed by atoms with van der Waals surface area (Å²) in [6.45, 7) is 4.06. The van der Waals surface area contributed by atoms with E-state index in [1.165, 1.54) is 12.1 Å². The van der Waals surface area contributed by atoms with Gasteiger partial charge in [0, 0.05) is 0 Å². The Kier molecular flexibility index (Phi) is 5.33. The number of hydrogen-bond donors (Lipinski definition) is 0. The van der Waals surface area contributed by atoms with E-state index in [-0.39, 0.29) is 11.7 Å². The molecule has 0 aliphatic carbocycles. The molecule has 24 heavy (non-hydrogen) atoms. The molecule has 124 valence electrons. The zero-order valence-electron chi connectivity index (χ0n) is 13.2. The quantitative estimate of drug-likeness (QED) is 0.613. The molecule has 0 aromatic heterocycles. The molecule has 2 nitrogen and oxygen atoms in total. The molecule has 2 unspecified atom stereocenters. The van der Waals surface area contributed by atoms with Gasteiger partial charge in [0.2, 0.25) is 0 Å². The second-order valence-electron chi connectivity index (χ2n) is 5.78. The van der Waals surface area contributed by atoms with Gasteiger partial charge in [-0.3, -0.25) is 0 Å². The number of carbonyl (C=O) groups excluding carboxylic acids is 1. The summed E-state index contributed by atoms with van der Waals surface area (Å²) < 4.78 is 14.7. The molecule has 0 bridgehead atoms. The molecule has 0 fully saturated rings. The molecule has 0 saturated heterocycles. The van der Waals surface area contributed by atoms with E-state index in [0.29, 0.717) is 4.71 Å². The van der Waals surface area contributed by atoms with Crippen molar-refractivity contribution in [3.63, 3.8) is 0 Å². The van der Waals surface area contributed by atoms with Gasteiger partial charge in [0.1, 0.15) is 0 Å². The first-order chi connectivity index (χ1) is 11.4. The zero-order chi connectivity index (χ0) is 17.3. The fourth-order valence-corrected chi connectivity index (χ4v) is 8.17. The Bertz CT molecular complexity index is 794. The second kappa shape index (κ2) is 7.15. The van der Waals surface area contributed by atoms with Crippen molar-refractivity contribution in [2.45, 2.75) is 23.3 Å². The van der Waals surface area contributed by atoms with E-state index < -0.39 is 20.5 Å². The summed E-state index contributed by atoms with van der Waals surface area (Å²) in [6, 6.07) is 14.4. The number of aliphatic imine (C=N–C) groups is 1. The van der Waals surface area contributed by atoms with E-state index >= 15 is 0 Å². The molecule has 3 atom stereocenters. The normalized spacial score (nSPS) is 22.2. The van der Waals surface area contributed by atoms with Gasteiger partial charge in [-0.1, -0.05) is 0 Å². The van der Waals surface area contributed by atoms with Crippen LogP contribution in [0.25, 0.3) is 0 Å². The fourth-order valence-electron chi connectivity index (χ4n) is 2.49. The van der Waals surface area contributed by atoms with Gasteiger partial charge >= 0.3 is 161 Å². The number of amides is 1. The molecule has 0 spiro atoms. The number of hydrogen-bond acceptors (Lipinski definition) is 2. The molecule has 1 heterocycles. The Morgan fingerprint density at radius 1 is 1.17 bits per heavy atom. The molecule has 3 rings (SSSR count). The van der Waals surface area contributed by atoms with Gasteiger partial charge in [0.05, 0.1) is 0 Å². The Morgan fingerprint density at radius 2 is 1.79 bits per heavy atom. The van der Waals surface area contributed by atoms with Gasteiger partial charge < -0.3 is 0 Å². The van der Waals surface area contributed by atoms with Crippen LogP contribution >= 0.6 is 27.7 Å². The maximum absolute atomic E-state index is 13.1. The summed E-state index contributed by atoms with van der Waals surface area (Å²) in [7, 11) is 0. The van der Waals surface area contributed by atoms with Crippen molar-refractivity contribution in [2.24, 2.45) is 4.99 Å². The summed E-state index contributed by atoms with van der Waals surface area (Å²) >= 11 is 4.39. The van der Waals surface area contributed by atoms with Gasteiger partial charge in [-0.25, -0.2) is 0 Å². The van der Waals surface area contributed by atoms with Gasteiger partial charge in [-0.05, 0) is 0 Å². The third kappa shape index (κ3) is 3.68. The topological polar surface area (TPSA) is 29.4 Å². The zero-order valence-corrected chi connectivity index (χ0v) is 17.7. The van der Waals surface area contributed by atoms with Crippen molar-refractivity contribution >= 4 is 53.2 Å². The van der Waals surface area contributed by atoms with Crippen LogP contribution in [0.2, 0.25) is 0 Å². The van der Waals surface area contributed by atoms with Crippen LogP contribution in [-0.2, 0) is 9.54 Å². The molecular weight excluding hydrogens is 452 g/mol. The molecule has 1 aliphatic heterocycles. The SMILES string of the molecule is C[C@H]([AsH]C1=NC(=O)C(C)(c2ccc(Br)cc2)S1)c1ccc(F)cc1. The molecule has 6 heteroatoms. The Hall–Kier alpha value is -0.902. The second-order valence-corrected chi connectivity index (χ2v) is 12.3. The Labute approximate surface area is 160 Å². The summed E-state index contributed by atoms with van der Waals surface area (Å²) in [5.41, 5.74) is 2.07. The Morgan fingerprint density at radius 3 is 2.42 bits per heavy atom. The van der Waals surface area contributed by atoms with Crippen molar-refractivity contribution in [1.82, 2.24) is 0 Å². The van der Waals surface area contributed by atoms with E-state index in [2.05, 4.69) is 27.8 Å². The average Bonchev–Trinajstić information content (AvgIpc) is 2.83. The van der Waals surface area contributed by atoms with Gasteiger partial charge in [0.15, 0.2) is 0 Å². The molecule has 0 radical (unpaired) electrons. The first-order valence-electron chi connectivity index (χ1n) is 7.48. The fraction of sp³-hybridized carbons (Fsp3) is 0.222. The molecule has 2 aromatic carbocycles. The van der Waals surface area contributed by atoms with Crippen molar-refractivity contribution in [3.05, 3.63) is 69.9 Å². The first kappa shape index (κ1) is 17.9. The molecule has 0 saturated carbocycles. The van der Waals surface area contributed by atoms with Crippen LogP contribution < -0.4 is 0 Å². The number of rotatable bonds is 4. The average molecular weight is 468 g/mol. The van der Waals surface area contributed by atoms with E-state index in [1.807, 2.05) is 43.3 Å². The first-order valence-corrected chi connectivity index (χ1v) is 11.4. The molecule has 0 N–H and O–H groups in total. The number of halogens is 2. The molecule has 1 amide bonds.